The van der Waals surface area contributed by atoms with E-state index in [0.29, 0.717) is 5.92 Å². The summed E-state index contributed by atoms with van der Waals surface area (Å²) >= 11 is 0. The molecule has 0 saturated carbocycles. The molecule has 1 aliphatic carbocycles. The van der Waals surface area contributed by atoms with E-state index in [1.807, 2.05) is 0 Å². The molecule has 0 radical (unpaired) electrons. The van der Waals surface area contributed by atoms with E-state index in [1.165, 1.54) is 22.4 Å². The lowest BCUT2D eigenvalue weighted by molar-refractivity contribution is 0.453. The Balaban J connectivity index is 2.17. The van der Waals surface area contributed by atoms with Crippen LogP contribution >= 0.6 is 0 Å². The maximum absolute atomic E-state index is 3.66. The summed E-state index contributed by atoms with van der Waals surface area (Å²) in [6.07, 6.45) is 3.43. The number of benzene rings is 1. The van der Waals surface area contributed by atoms with E-state index in [9.17, 15) is 0 Å². The summed E-state index contributed by atoms with van der Waals surface area (Å²) in [5, 5.41) is 3.66. The molecule has 0 saturated heterocycles. The molecule has 0 aliphatic heterocycles. The minimum atomic E-state index is 0.126. The topological polar surface area (TPSA) is 12.0 Å². The van der Waals surface area contributed by atoms with Crippen LogP contribution in [-0.2, 0) is 6.42 Å². The van der Waals surface area contributed by atoms with E-state index < -0.39 is 0 Å². The van der Waals surface area contributed by atoms with Crippen LogP contribution in [0.5, 0.6) is 0 Å². The van der Waals surface area contributed by atoms with Crippen LogP contribution in [0.3, 0.4) is 0 Å². The van der Waals surface area contributed by atoms with Gasteiger partial charge in [0.05, 0.1) is 0 Å². The third-order valence-electron chi connectivity index (χ3n) is 3.54. The molecule has 1 heteroatoms. The normalized spacial score (nSPS) is 19.6. The molecule has 0 spiro atoms. The van der Waals surface area contributed by atoms with Crippen molar-refractivity contribution < 1.29 is 0 Å². The average Bonchev–Trinajstić information content (AvgIpc) is 2.57. The van der Waals surface area contributed by atoms with Gasteiger partial charge in [0.1, 0.15) is 0 Å². The lowest BCUT2D eigenvalue weighted by Gasteiger charge is -2.26. The summed E-state index contributed by atoms with van der Waals surface area (Å²) in [5.41, 5.74) is 5.79. The molecule has 0 aromatic heterocycles. The fourth-order valence-corrected chi connectivity index (χ4v) is 2.64. The zero-order valence-electron chi connectivity index (χ0n) is 12.7. The summed E-state index contributed by atoms with van der Waals surface area (Å²) in [7, 11) is 0. The first-order chi connectivity index (χ1) is 8.87. The molecule has 2 rings (SSSR count). The van der Waals surface area contributed by atoms with Gasteiger partial charge in [0, 0.05) is 17.2 Å². The Bertz CT molecular complexity index is 500. The fraction of sp³-hybridized carbons (Fsp3) is 0.444. The van der Waals surface area contributed by atoms with E-state index in [-0.39, 0.29) is 5.54 Å². The van der Waals surface area contributed by atoms with Gasteiger partial charge in [-0.1, -0.05) is 43.3 Å². The zero-order chi connectivity index (χ0) is 14.0. The van der Waals surface area contributed by atoms with Crippen molar-refractivity contribution in [3.8, 4) is 0 Å². The Morgan fingerprint density at radius 2 is 1.74 bits per heavy atom. The van der Waals surface area contributed by atoms with Gasteiger partial charge < -0.3 is 5.32 Å². The summed E-state index contributed by atoms with van der Waals surface area (Å²) in [4.78, 5) is 0. The SMILES string of the molecule is CC1=C(NC(C)(C)C)C(C)C=C1Cc1ccccc1. The van der Waals surface area contributed by atoms with Gasteiger partial charge in [-0.15, -0.1) is 0 Å². The number of hydrogen-bond donors (Lipinski definition) is 1. The minimum absolute atomic E-state index is 0.126. The van der Waals surface area contributed by atoms with Crippen molar-refractivity contribution in [3.63, 3.8) is 0 Å². The molecular weight excluding hydrogens is 230 g/mol. The first-order valence-corrected chi connectivity index (χ1v) is 7.11. The Labute approximate surface area is 117 Å². The average molecular weight is 255 g/mol. The number of rotatable bonds is 3. The van der Waals surface area contributed by atoms with Crippen molar-refractivity contribution in [3.05, 3.63) is 58.8 Å². The van der Waals surface area contributed by atoms with Gasteiger partial charge in [-0.25, -0.2) is 0 Å². The van der Waals surface area contributed by atoms with Crippen LogP contribution in [0.4, 0.5) is 0 Å². The lowest BCUT2D eigenvalue weighted by Crippen LogP contribution is -2.36. The Kier molecular flexibility index (Phi) is 3.84. The summed E-state index contributed by atoms with van der Waals surface area (Å²) in [6.45, 7) is 11.2. The molecule has 1 atom stereocenters. The highest BCUT2D eigenvalue weighted by molar-refractivity contribution is 5.45. The van der Waals surface area contributed by atoms with Crippen LogP contribution in [0.25, 0.3) is 0 Å². The standard InChI is InChI=1S/C18H25N/c1-13-11-16(12-15-9-7-6-8-10-15)14(2)17(13)19-18(3,4)5/h6-11,13,19H,12H2,1-5H3. The Morgan fingerprint density at radius 1 is 1.11 bits per heavy atom. The predicted octanol–water partition coefficient (Wildman–Crippen LogP) is 4.47. The van der Waals surface area contributed by atoms with Gasteiger partial charge in [0.15, 0.2) is 0 Å². The molecular formula is C18H25N. The van der Waals surface area contributed by atoms with Crippen molar-refractivity contribution >= 4 is 0 Å². The smallest absolute Gasteiger partial charge is 0.0286 e. The number of hydrogen-bond acceptors (Lipinski definition) is 1. The monoisotopic (exact) mass is 255 g/mol. The van der Waals surface area contributed by atoms with Crippen molar-refractivity contribution in [1.82, 2.24) is 5.32 Å². The van der Waals surface area contributed by atoms with Gasteiger partial charge in [0.2, 0.25) is 0 Å². The van der Waals surface area contributed by atoms with Gasteiger partial charge in [-0.05, 0) is 50.8 Å². The molecule has 1 unspecified atom stereocenters. The molecule has 1 aromatic rings. The van der Waals surface area contributed by atoms with Crippen LogP contribution in [0.15, 0.2) is 53.3 Å². The molecule has 1 aliphatic rings. The predicted molar refractivity (Wildman–Crippen MR) is 83.0 cm³/mol. The maximum atomic E-state index is 3.66. The lowest BCUT2D eigenvalue weighted by atomic mass is 10.0. The maximum Gasteiger partial charge on any atom is 0.0286 e. The summed E-state index contributed by atoms with van der Waals surface area (Å²) in [5.74, 6) is 0.498. The van der Waals surface area contributed by atoms with E-state index >= 15 is 0 Å². The molecule has 1 nitrogen and oxygen atoms in total. The molecule has 19 heavy (non-hydrogen) atoms. The van der Waals surface area contributed by atoms with Crippen LogP contribution in [0.1, 0.15) is 40.2 Å². The minimum Gasteiger partial charge on any atom is -0.383 e. The highest BCUT2D eigenvalue weighted by Crippen LogP contribution is 2.32. The van der Waals surface area contributed by atoms with Crippen molar-refractivity contribution in [2.24, 2.45) is 5.92 Å². The van der Waals surface area contributed by atoms with E-state index in [1.54, 1.807) is 0 Å². The van der Waals surface area contributed by atoms with Gasteiger partial charge in [-0.3, -0.25) is 0 Å². The Morgan fingerprint density at radius 3 is 2.32 bits per heavy atom. The fourth-order valence-electron chi connectivity index (χ4n) is 2.64. The van der Waals surface area contributed by atoms with Gasteiger partial charge in [-0.2, -0.15) is 0 Å². The number of nitrogens with one attached hydrogen (secondary N) is 1. The molecule has 0 fully saturated rings. The summed E-state index contributed by atoms with van der Waals surface area (Å²) in [6, 6.07) is 10.7. The van der Waals surface area contributed by atoms with E-state index in [0.717, 1.165) is 6.42 Å². The highest BCUT2D eigenvalue weighted by atomic mass is 15.0. The third-order valence-corrected chi connectivity index (χ3v) is 3.54. The Hall–Kier alpha value is -1.50. The quantitative estimate of drug-likeness (QED) is 0.840. The highest BCUT2D eigenvalue weighted by Gasteiger charge is 2.23. The van der Waals surface area contributed by atoms with Crippen molar-refractivity contribution in [1.29, 1.82) is 0 Å². The second-order valence-corrected chi connectivity index (χ2v) is 6.56. The van der Waals surface area contributed by atoms with Crippen molar-refractivity contribution in [2.75, 3.05) is 0 Å². The van der Waals surface area contributed by atoms with Crippen LogP contribution in [-0.4, -0.2) is 5.54 Å². The second kappa shape index (κ2) is 5.24. The van der Waals surface area contributed by atoms with E-state index in [2.05, 4.69) is 76.3 Å². The second-order valence-electron chi connectivity index (χ2n) is 6.56. The molecule has 1 aromatic carbocycles. The van der Waals surface area contributed by atoms with Crippen LogP contribution < -0.4 is 5.32 Å². The molecule has 0 heterocycles. The van der Waals surface area contributed by atoms with Crippen molar-refractivity contribution in [2.45, 2.75) is 46.6 Å². The largest absolute Gasteiger partial charge is 0.383 e. The number of allylic oxidation sites excluding steroid dienone is 3. The molecule has 1 N–H and O–H groups in total. The van der Waals surface area contributed by atoms with E-state index in [4.69, 9.17) is 0 Å². The first kappa shape index (κ1) is 13.9. The molecule has 0 bridgehead atoms. The third kappa shape index (κ3) is 3.50. The first-order valence-electron chi connectivity index (χ1n) is 7.11. The molecule has 0 amide bonds. The van der Waals surface area contributed by atoms with Crippen LogP contribution in [0.2, 0.25) is 0 Å². The molecule has 102 valence electrons. The zero-order valence-corrected chi connectivity index (χ0v) is 12.7. The summed E-state index contributed by atoms with van der Waals surface area (Å²) < 4.78 is 0. The van der Waals surface area contributed by atoms with Crippen LogP contribution in [0, 0.1) is 5.92 Å². The van der Waals surface area contributed by atoms with Gasteiger partial charge in [0.25, 0.3) is 0 Å². The van der Waals surface area contributed by atoms with Gasteiger partial charge >= 0.3 is 0 Å².